The van der Waals surface area contributed by atoms with Crippen LogP contribution >= 0.6 is 0 Å². The van der Waals surface area contributed by atoms with E-state index in [0.29, 0.717) is 12.5 Å². The maximum Gasteiger partial charge on any atom is 0.246 e. The number of benzene rings is 1. The minimum absolute atomic E-state index is 0.153. The summed E-state index contributed by atoms with van der Waals surface area (Å²) in [5.41, 5.74) is 4.86. The number of allylic oxidation sites excluding steroid dienone is 1. The van der Waals surface area contributed by atoms with Gasteiger partial charge in [0, 0.05) is 41.8 Å². The van der Waals surface area contributed by atoms with Crippen LogP contribution in [0.1, 0.15) is 31.7 Å². The van der Waals surface area contributed by atoms with Gasteiger partial charge in [-0.15, -0.1) is 0 Å². The normalized spacial score (nSPS) is 18.4. The van der Waals surface area contributed by atoms with Crippen LogP contribution in [-0.4, -0.2) is 36.0 Å². The van der Waals surface area contributed by atoms with E-state index in [1.54, 1.807) is 7.11 Å². The van der Waals surface area contributed by atoms with E-state index in [1.807, 2.05) is 23.1 Å². The first-order chi connectivity index (χ1) is 12.2. The lowest BCUT2D eigenvalue weighted by atomic mass is 9.98. The fraction of sp³-hybridized carbons (Fsp3) is 0.381. The highest BCUT2D eigenvalue weighted by Crippen LogP contribution is 2.36. The summed E-state index contributed by atoms with van der Waals surface area (Å²) < 4.78 is 5.35. The summed E-state index contributed by atoms with van der Waals surface area (Å²) in [7, 11) is 1.69. The van der Waals surface area contributed by atoms with Gasteiger partial charge in [-0.05, 0) is 55.9 Å². The Morgan fingerprint density at radius 2 is 2.20 bits per heavy atom. The number of aromatic nitrogens is 1. The second-order valence-corrected chi connectivity index (χ2v) is 7.04. The Kier molecular flexibility index (Phi) is 4.12. The number of nitrogens with zero attached hydrogens (tertiary/aromatic N) is 1. The van der Waals surface area contributed by atoms with Crippen molar-refractivity contribution in [1.29, 1.82) is 0 Å². The van der Waals surface area contributed by atoms with Crippen molar-refractivity contribution in [2.45, 2.75) is 26.2 Å². The molecule has 0 radical (unpaired) electrons. The van der Waals surface area contributed by atoms with Crippen molar-refractivity contribution in [3.8, 4) is 5.75 Å². The van der Waals surface area contributed by atoms with Gasteiger partial charge in [0.05, 0.1) is 7.11 Å². The molecule has 1 amide bonds. The molecule has 1 aromatic carbocycles. The Bertz CT molecular complexity index is 871. The van der Waals surface area contributed by atoms with Crippen LogP contribution in [0.15, 0.2) is 42.1 Å². The predicted octanol–water partition coefficient (Wildman–Crippen LogP) is 4.15. The number of rotatable bonds is 4. The van der Waals surface area contributed by atoms with Crippen molar-refractivity contribution in [2.24, 2.45) is 5.92 Å². The summed E-state index contributed by atoms with van der Waals surface area (Å²) >= 11 is 0. The second-order valence-electron chi connectivity index (χ2n) is 7.04. The standard InChI is InChI=1S/C21H24N2O2/c1-14(15-3-4-15)11-21(24)23-9-7-16(8-10-23)19-13-22-20-6-5-17(25-2)12-18(19)20/h5-7,11-13,15,22H,3-4,8-10H2,1-2H3/b14-11+. The van der Waals surface area contributed by atoms with Crippen LogP contribution in [0.5, 0.6) is 5.75 Å². The maximum atomic E-state index is 12.4. The minimum atomic E-state index is 0.153. The first-order valence-electron chi connectivity index (χ1n) is 8.97. The number of amides is 1. The average Bonchev–Trinajstić information content (AvgIpc) is 3.41. The van der Waals surface area contributed by atoms with E-state index < -0.39 is 0 Å². The molecule has 0 bridgehead atoms. The fourth-order valence-electron chi connectivity index (χ4n) is 3.55. The van der Waals surface area contributed by atoms with E-state index in [9.17, 15) is 4.79 Å². The van der Waals surface area contributed by atoms with E-state index in [4.69, 9.17) is 4.74 Å². The number of carbonyl (C=O) groups excluding carboxylic acids is 1. The SMILES string of the molecule is COc1ccc2[nH]cc(C3=CCN(C(=O)/C=C(\C)C4CC4)CC3)c2c1. The number of nitrogens with one attached hydrogen (secondary N) is 1. The smallest absolute Gasteiger partial charge is 0.246 e. The molecule has 4 rings (SSSR count). The van der Waals surface area contributed by atoms with Crippen LogP contribution in [0.2, 0.25) is 0 Å². The van der Waals surface area contributed by atoms with Gasteiger partial charge in [0.1, 0.15) is 5.75 Å². The van der Waals surface area contributed by atoms with Crippen LogP contribution in [0.25, 0.3) is 16.5 Å². The van der Waals surface area contributed by atoms with Gasteiger partial charge < -0.3 is 14.6 Å². The Morgan fingerprint density at radius 3 is 2.88 bits per heavy atom. The molecule has 1 aliphatic heterocycles. The lowest BCUT2D eigenvalue weighted by Crippen LogP contribution is -2.33. The van der Waals surface area contributed by atoms with Gasteiger partial charge in [-0.25, -0.2) is 0 Å². The van der Waals surface area contributed by atoms with E-state index in [2.05, 4.69) is 30.2 Å². The summed E-state index contributed by atoms with van der Waals surface area (Å²) in [6, 6.07) is 6.08. The quantitative estimate of drug-likeness (QED) is 0.853. The summed E-state index contributed by atoms with van der Waals surface area (Å²) in [5, 5.41) is 1.18. The molecule has 0 unspecified atom stereocenters. The lowest BCUT2D eigenvalue weighted by Gasteiger charge is -2.25. The molecule has 2 heterocycles. The Hall–Kier alpha value is -2.49. The Morgan fingerprint density at radius 1 is 1.36 bits per heavy atom. The molecular formula is C21H24N2O2. The van der Waals surface area contributed by atoms with Gasteiger partial charge in [-0.3, -0.25) is 4.79 Å². The lowest BCUT2D eigenvalue weighted by molar-refractivity contribution is -0.125. The molecule has 2 aliphatic rings. The van der Waals surface area contributed by atoms with Crippen LogP contribution in [0, 0.1) is 5.92 Å². The third-order valence-electron chi connectivity index (χ3n) is 5.33. The molecule has 1 fully saturated rings. The van der Waals surface area contributed by atoms with E-state index in [-0.39, 0.29) is 5.91 Å². The number of hydrogen-bond donors (Lipinski definition) is 1. The monoisotopic (exact) mass is 336 g/mol. The van der Waals surface area contributed by atoms with E-state index in [1.165, 1.54) is 34.9 Å². The van der Waals surface area contributed by atoms with E-state index in [0.717, 1.165) is 24.2 Å². The number of aromatic amines is 1. The number of carbonyl (C=O) groups is 1. The van der Waals surface area contributed by atoms with Crippen LogP contribution < -0.4 is 4.74 Å². The highest BCUT2D eigenvalue weighted by atomic mass is 16.5. The van der Waals surface area contributed by atoms with Crippen molar-refractivity contribution in [2.75, 3.05) is 20.2 Å². The molecule has 1 aliphatic carbocycles. The molecule has 25 heavy (non-hydrogen) atoms. The Balaban J connectivity index is 1.52. The molecule has 4 nitrogen and oxygen atoms in total. The molecule has 130 valence electrons. The van der Waals surface area contributed by atoms with Gasteiger partial charge in [0.25, 0.3) is 0 Å². The highest BCUT2D eigenvalue weighted by Gasteiger charge is 2.25. The van der Waals surface area contributed by atoms with Crippen molar-refractivity contribution < 1.29 is 9.53 Å². The van der Waals surface area contributed by atoms with Crippen LogP contribution in [0.4, 0.5) is 0 Å². The van der Waals surface area contributed by atoms with Gasteiger partial charge in [-0.1, -0.05) is 11.6 Å². The van der Waals surface area contributed by atoms with Gasteiger partial charge in [-0.2, -0.15) is 0 Å². The molecule has 1 N–H and O–H groups in total. The highest BCUT2D eigenvalue weighted by molar-refractivity contribution is 5.94. The van der Waals surface area contributed by atoms with Crippen molar-refractivity contribution in [1.82, 2.24) is 9.88 Å². The number of H-pyrrole nitrogens is 1. The zero-order chi connectivity index (χ0) is 17.4. The fourth-order valence-corrected chi connectivity index (χ4v) is 3.55. The predicted molar refractivity (Wildman–Crippen MR) is 101 cm³/mol. The molecule has 1 aromatic heterocycles. The summed E-state index contributed by atoms with van der Waals surface area (Å²) in [5.74, 6) is 1.67. The molecule has 4 heteroatoms. The number of methoxy groups -OCH3 is 1. The zero-order valence-corrected chi connectivity index (χ0v) is 14.8. The van der Waals surface area contributed by atoms with Crippen LogP contribution in [0.3, 0.4) is 0 Å². The first-order valence-corrected chi connectivity index (χ1v) is 8.97. The van der Waals surface area contributed by atoms with Gasteiger partial charge in [0.2, 0.25) is 5.91 Å². The molecule has 1 saturated carbocycles. The number of hydrogen-bond acceptors (Lipinski definition) is 2. The number of ether oxygens (including phenoxy) is 1. The Labute approximate surface area is 148 Å². The minimum Gasteiger partial charge on any atom is -0.497 e. The number of fused-ring (bicyclic) bond motifs is 1. The van der Waals surface area contributed by atoms with Crippen molar-refractivity contribution in [3.05, 3.63) is 47.7 Å². The first kappa shape index (κ1) is 16.0. The summed E-state index contributed by atoms with van der Waals surface area (Å²) in [6.07, 6.45) is 9.45. The van der Waals surface area contributed by atoms with Crippen molar-refractivity contribution >= 4 is 22.4 Å². The molecule has 2 aromatic rings. The summed E-state index contributed by atoms with van der Waals surface area (Å²) in [6.45, 7) is 3.54. The zero-order valence-electron chi connectivity index (χ0n) is 14.8. The maximum absolute atomic E-state index is 12.4. The topological polar surface area (TPSA) is 45.3 Å². The molecular weight excluding hydrogens is 312 g/mol. The van der Waals surface area contributed by atoms with Crippen LogP contribution in [-0.2, 0) is 4.79 Å². The van der Waals surface area contributed by atoms with Gasteiger partial charge >= 0.3 is 0 Å². The third kappa shape index (κ3) is 3.21. The second kappa shape index (κ2) is 6.43. The molecule has 0 spiro atoms. The molecule has 0 atom stereocenters. The average molecular weight is 336 g/mol. The summed E-state index contributed by atoms with van der Waals surface area (Å²) in [4.78, 5) is 17.7. The van der Waals surface area contributed by atoms with E-state index >= 15 is 0 Å². The largest absolute Gasteiger partial charge is 0.497 e. The third-order valence-corrected chi connectivity index (χ3v) is 5.33. The van der Waals surface area contributed by atoms with Gasteiger partial charge in [0.15, 0.2) is 0 Å². The molecule has 0 saturated heterocycles. The van der Waals surface area contributed by atoms with Crippen molar-refractivity contribution in [3.63, 3.8) is 0 Å².